The first-order chi connectivity index (χ1) is 9.40. The SMILES string of the molecule is C1CC2CNC(CN3CCN4CCCCC4C3)C2C1. The minimum absolute atomic E-state index is 0.808. The minimum atomic E-state index is 0.808. The van der Waals surface area contributed by atoms with E-state index in [9.17, 15) is 0 Å². The summed E-state index contributed by atoms with van der Waals surface area (Å²) in [5.41, 5.74) is 0. The minimum Gasteiger partial charge on any atom is -0.312 e. The highest BCUT2D eigenvalue weighted by Crippen LogP contribution is 2.38. The van der Waals surface area contributed by atoms with Crippen molar-refractivity contribution in [1.29, 1.82) is 0 Å². The normalized spacial score (nSPS) is 44.2. The second-order valence-corrected chi connectivity index (χ2v) is 7.31. The van der Waals surface area contributed by atoms with Gasteiger partial charge >= 0.3 is 0 Å². The van der Waals surface area contributed by atoms with Crippen LogP contribution in [0.2, 0.25) is 0 Å². The third-order valence-electron chi connectivity index (χ3n) is 6.25. The van der Waals surface area contributed by atoms with Gasteiger partial charge in [-0.15, -0.1) is 0 Å². The zero-order valence-corrected chi connectivity index (χ0v) is 12.2. The topological polar surface area (TPSA) is 18.5 Å². The van der Waals surface area contributed by atoms with Crippen LogP contribution in [0.3, 0.4) is 0 Å². The van der Waals surface area contributed by atoms with Crippen molar-refractivity contribution in [3.63, 3.8) is 0 Å². The first-order valence-electron chi connectivity index (χ1n) is 8.60. The molecule has 0 amide bonds. The van der Waals surface area contributed by atoms with Crippen LogP contribution in [0.15, 0.2) is 0 Å². The van der Waals surface area contributed by atoms with Gasteiger partial charge in [-0.25, -0.2) is 0 Å². The Morgan fingerprint density at radius 2 is 1.95 bits per heavy atom. The molecule has 1 saturated carbocycles. The van der Waals surface area contributed by atoms with E-state index in [1.165, 1.54) is 77.8 Å². The smallest absolute Gasteiger partial charge is 0.0226 e. The lowest BCUT2D eigenvalue weighted by Gasteiger charge is -2.45. The molecule has 3 heterocycles. The van der Waals surface area contributed by atoms with Gasteiger partial charge in [-0.2, -0.15) is 0 Å². The summed E-state index contributed by atoms with van der Waals surface area (Å²) in [4.78, 5) is 5.52. The van der Waals surface area contributed by atoms with Gasteiger partial charge in [-0.05, 0) is 50.6 Å². The number of fused-ring (bicyclic) bond motifs is 2. The second kappa shape index (κ2) is 5.34. The zero-order valence-electron chi connectivity index (χ0n) is 12.2. The van der Waals surface area contributed by atoms with E-state index in [1.807, 2.05) is 0 Å². The summed E-state index contributed by atoms with van der Waals surface area (Å²) in [5.74, 6) is 2.02. The average Bonchev–Trinajstić information content (AvgIpc) is 3.04. The van der Waals surface area contributed by atoms with Crippen molar-refractivity contribution in [1.82, 2.24) is 15.1 Å². The summed E-state index contributed by atoms with van der Waals surface area (Å²) in [6.45, 7) is 7.97. The van der Waals surface area contributed by atoms with E-state index in [-0.39, 0.29) is 0 Å². The van der Waals surface area contributed by atoms with Gasteiger partial charge in [-0.1, -0.05) is 12.8 Å². The van der Waals surface area contributed by atoms with Gasteiger partial charge in [-0.3, -0.25) is 9.80 Å². The molecule has 0 aromatic rings. The van der Waals surface area contributed by atoms with Crippen molar-refractivity contribution >= 4 is 0 Å². The quantitative estimate of drug-likeness (QED) is 0.815. The Kier molecular flexibility index (Phi) is 3.55. The van der Waals surface area contributed by atoms with Gasteiger partial charge in [0.25, 0.3) is 0 Å². The van der Waals surface area contributed by atoms with E-state index in [0.717, 1.165) is 23.9 Å². The van der Waals surface area contributed by atoms with Crippen LogP contribution in [-0.2, 0) is 0 Å². The predicted molar refractivity (Wildman–Crippen MR) is 78.3 cm³/mol. The van der Waals surface area contributed by atoms with E-state index in [0.29, 0.717) is 0 Å². The highest BCUT2D eigenvalue weighted by Gasteiger charge is 2.40. The third-order valence-corrected chi connectivity index (χ3v) is 6.25. The Bertz CT molecular complexity index is 319. The van der Waals surface area contributed by atoms with Crippen LogP contribution >= 0.6 is 0 Å². The fourth-order valence-corrected chi connectivity index (χ4v) is 5.17. The molecule has 0 aromatic heterocycles. The fourth-order valence-electron chi connectivity index (χ4n) is 5.17. The van der Waals surface area contributed by atoms with E-state index in [4.69, 9.17) is 0 Å². The molecule has 0 bridgehead atoms. The molecule has 4 fully saturated rings. The molecule has 3 heteroatoms. The number of rotatable bonds is 2. The van der Waals surface area contributed by atoms with Crippen LogP contribution in [0.5, 0.6) is 0 Å². The highest BCUT2D eigenvalue weighted by atomic mass is 15.3. The number of nitrogens with zero attached hydrogens (tertiary/aromatic N) is 2. The molecule has 1 aliphatic carbocycles. The van der Waals surface area contributed by atoms with Crippen molar-refractivity contribution in [3.8, 4) is 0 Å². The van der Waals surface area contributed by atoms with Crippen LogP contribution in [0.25, 0.3) is 0 Å². The molecule has 0 radical (unpaired) electrons. The average molecular weight is 263 g/mol. The molecule has 3 nitrogen and oxygen atoms in total. The molecule has 3 aliphatic heterocycles. The number of nitrogens with one attached hydrogen (secondary N) is 1. The standard InChI is InChI=1S/C16H29N3/c1-2-7-19-9-8-18(11-14(19)5-1)12-16-15-6-3-4-13(15)10-17-16/h13-17H,1-12H2. The molecule has 4 unspecified atom stereocenters. The van der Waals surface area contributed by atoms with E-state index >= 15 is 0 Å². The Morgan fingerprint density at radius 1 is 0.947 bits per heavy atom. The number of hydrogen-bond acceptors (Lipinski definition) is 3. The molecule has 4 aliphatic rings. The maximum absolute atomic E-state index is 3.82. The Balaban J connectivity index is 1.33. The van der Waals surface area contributed by atoms with Crippen LogP contribution in [-0.4, -0.2) is 61.2 Å². The van der Waals surface area contributed by atoms with Crippen molar-refractivity contribution < 1.29 is 0 Å². The van der Waals surface area contributed by atoms with Gasteiger partial charge in [0, 0.05) is 38.3 Å². The van der Waals surface area contributed by atoms with Gasteiger partial charge in [0.05, 0.1) is 0 Å². The molecule has 0 aromatic carbocycles. The van der Waals surface area contributed by atoms with Crippen molar-refractivity contribution in [2.75, 3.05) is 39.3 Å². The molecule has 19 heavy (non-hydrogen) atoms. The second-order valence-electron chi connectivity index (χ2n) is 7.31. The first kappa shape index (κ1) is 12.6. The Hall–Kier alpha value is -0.120. The van der Waals surface area contributed by atoms with Crippen molar-refractivity contribution in [2.45, 2.75) is 50.6 Å². The monoisotopic (exact) mass is 263 g/mol. The van der Waals surface area contributed by atoms with E-state index in [2.05, 4.69) is 15.1 Å². The number of hydrogen-bond donors (Lipinski definition) is 1. The van der Waals surface area contributed by atoms with Crippen molar-refractivity contribution in [2.24, 2.45) is 11.8 Å². The molecule has 0 spiro atoms. The van der Waals surface area contributed by atoms with Gasteiger partial charge in [0.2, 0.25) is 0 Å². The third kappa shape index (κ3) is 2.45. The molecule has 3 saturated heterocycles. The molecule has 4 rings (SSSR count). The zero-order chi connectivity index (χ0) is 12.7. The highest BCUT2D eigenvalue weighted by molar-refractivity contribution is 4.96. The van der Waals surface area contributed by atoms with Crippen LogP contribution in [0, 0.1) is 11.8 Å². The Morgan fingerprint density at radius 3 is 2.95 bits per heavy atom. The van der Waals surface area contributed by atoms with Gasteiger partial charge in [0.15, 0.2) is 0 Å². The summed E-state index contributed by atoms with van der Waals surface area (Å²) < 4.78 is 0. The van der Waals surface area contributed by atoms with Gasteiger partial charge in [0.1, 0.15) is 0 Å². The maximum Gasteiger partial charge on any atom is 0.0226 e. The number of piperazine rings is 1. The predicted octanol–water partition coefficient (Wildman–Crippen LogP) is 1.54. The first-order valence-corrected chi connectivity index (χ1v) is 8.60. The summed E-state index contributed by atoms with van der Waals surface area (Å²) >= 11 is 0. The molecule has 1 N–H and O–H groups in total. The number of piperidine rings is 1. The van der Waals surface area contributed by atoms with Gasteiger partial charge < -0.3 is 5.32 Å². The largest absolute Gasteiger partial charge is 0.312 e. The van der Waals surface area contributed by atoms with Crippen molar-refractivity contribution in [3.05, 3.63) is 0 Å². The van der Waals surface area contributed by atoms with Crippen LogP contribution in [0.1, 0.15) is 38.5 Å². The molecule has 108 valence electrons. The summed E-state index contributed by atoms with van der Waals surface area (Å²) in [6.07, 6.45) is 8.81. The molecular weight excluding hydrogens is 234 g/mol. The summed E-state index contributed by atoms with van der Waals surface area (Å²) in [5, 5.41) is 3.82. The maximum atomic E-state index is 3.82. The molecular formula is C16H29N3. The van der Waals surface area contributed by atoms with E-state index < -0.39 is 0 Å². The van der Waals surface area contributed by atoms with Crippen LogP contribution in [0.4, 0.5) is 0 Å². The lowest BCUT2D eigenvalue weighted by Crippen LogP contribution is -2.56. The van der Waals surface area contributed by atoms with E-state index in [1.54, 1.807) is 0 Å². The lowest BCUT2D eigenvalue weighted by molar-refractivity contribution is 0.0431. The summed E-state index contributed by atoms with van der Waals surface area (Å²) in [6, 6.07) is 1.69. The fraction of sp³-hybridized carbons (Fsp3) is 1.00. The molecule has 4 atom stereocenters. The van der Waals surface area contributed by atoms with Crippen LogP contribution < -0.4 is 5.32 Å². The lowest BCUT2D eigenvalue weighted by atomic mass is 9.93. The Labute approximate surface area is 117 Å². The summed E-state index contributed by atoms with van der Waals surface area (Å²) in [7, 11) is 0.